The minimum Gasteiger partial charge on any atom is -0.399 e. The van der Waals surface area contributed by atoms with Crippen molar-refractivity contribution in [3.05, 3.63) is 64.1 Å². The van der Waals surface area contributed by atoms with E-state index < -0.39 is 0 Å². The van der Waals surface area contributed by atoms with Crippen LogP contribution in [0.1, 0.15) is 15.9 Å². The molecule has 2 rings (SSSR count). The number of carbonyl (C=O) groups excluding carboxylic acids is 1. The van der Waals surface area contributed by atoms with Gasteiger partial charge in [-0.25, -0.2) is 0 Å². The first-order valence-corrected chi connectivity index (χ1v) is 6.71. The third kappa shape index (κ3) is 3.35. The van der Waals surface area contributed by atoms with Crippen LogP contribution in [0.2, 0.25) is 0 Å². The monoisotopic (exact) mass is 318 g/mol. The molecule has 4 heteroatoms. The average Bonchev–Trinajstić information content (AvgIpc) is 2.40. The third-order valence-electron chi connectivity index (χ3n) is 2.85. The van der Waals surface area contributed by atoms with E-state index in [1.165, 1.54) is 0 Å². The maximum Gasteiger partial charge on any atom is 0.253 e. The van der Waals surface area contributed by atoms with Crippen LogP contribution in [-0.4, -0.2) is 17.9 Å². The molecule has 0 aliphatic heterocycles. The zero-order valence-electron chi connectivity index (χ0n) is 10.6. The van der Waals surface area contributed by atoms with E-state index in [0.29, 0.717) is 17.8 Å². The molecule has 0 spiro atoms. The standard InChI is InChI=1S/C15H15BrN2O/c1-18(10-12-5-2-3-8-14(12)16)15(19)11-6-4-7-13(17)9-11/h2-9H,10,17H2,1H3. The van der Waals surface area contributed by atoms with Crippen LogP contribution in [0.25, 0.3) is 0 Å². The Labute approximate surface area is 121 Å². The number of carbonyl (C=O) groups is 1. The number of hydrogen-bond donors (Lipinski definition) is 1. The van der Waals surface area contributed by atoms with Gasteiger partial charge in [-0.3, -0.25) is 4.79 Å². The quantitative estimate of drug-likeness (QED) is 0.882. The van der Waals surface area contributed by atoms with Crippen LogP contribution in [0.3, 0.4) is 0 Å². The van der Waals surface area contributed by atoms with Gasteiger partial charge in [0.2, 0.25) is 0 Å². The van der Waals surface area contributed by atoms with Gasteiger partial charge in [0, 0.05) is 29.3 Å². The zero-order chi connectivity index (χ0) is 13.8. The van der Waals surface area contributed by atoms with Crippen LogP contribution < -0.4 is 5.73 Å². The van der Waals surface area contributed by atoms with Gasteiger partial charge < -0.3 is 10.6 Å². The van der Waals surface area contributed by atoms with Crippen LogP contribution >= 0.6 is 15.9 Å². The number of nitrogens with zero attached hydrogens (tertiary/aromatic N) is 1. The first-order chi connectivity index (χ1) is 9.08. The van der Waals surface area contributed by atoms with Crippen molar-refractivity contribution in [3.63, 3.8) is 0 Å². The van der Waals surface area contributed by atoms with Crippen LogP contribution in [0, 0.1) is 0 Å². The van der Waals surface area contributed by atoms with Crippen LogP contribution in [0.5, 0.6) is 0 Å². The molecule has 2 aromatic rings. The number of benzene rings is 2. The van der Waals surface area contributed by atoms with E-state index in [9.17, 15) is 4.79 Å². The molecule has 1 amide bonds. The lowest BCUT2D eigenvalue weighted by molar-refractivity contribution is 0.0785. The number of nitrogen functional groups attached to an aromatic ring is 1. The van der Waals surface area contributed by atoms with Crippen LogP contribution in [0.4, 0.5) is 5.69 Å². The molecule has 2 N–H and O–H groups in total. The fraction of sp³-hybridized carbons (Fsp3) is 0.133. The Hall–Kier alpha value is -1.81. The van der Waals surface area contributed by atoms with Gasteiger partial charge in [0.05, 0.1) is 0 Å². The van der Waals surface area contributed by atoms with E-state index in [2.05, 4.69) is 15.9 Å². The summed E-state index contributed by atoms with van der Waals surface area (Å²) < 4.78 is 1.00. The Morgan fingerprint density at radius 1 is 1.21 bits per heavy atom. The summed E-state index contributed by atoms with van der Waals surface area (Å²) in [6.45, 7) is 0.551. The maximum absolute atomic E-state index is 12.3. The highest BCUT2D eigenvalue weighted by Crippen LogP contribution is 2.18. The third-order valence-corrected chi connectivity index (χ3v) is 3.62. The van der Waals surface area contributed by atoms with E-state index in [4.69, 9.17) is 5.73 Å². The largest absolute Gasteiger partial charge is 0.399 e. The summed E-state index contributed by atoms with van der Waals surface area (Å²) in [5.74, 6) is -0.0388. The van der Waals surface area contributed by atoms with Crippen molar-refractivity contribution in [1.82, 2.24) is 4.90 Å². The lowest BCUT2D eigenvalue weighted by Gasteiger charge is -2.18. The van der Waals surface area contributed by atoms with Gasteiger partial charge in [-0.1, -0.05) is 40.2 Å². The molecule has 19 heavy (non-hydrogen) atoms. The molecular weight excluding hydrogens is 304 g/mol. The Bertz CT molecular complexity index is 598. The predicted octanol–water partition coefficient (Wildman–Crippen LogP) is 3.30. The fourth-order valence-corrected chi connectivity index (χ4v) is 2.26. The lowest BCUT2D eigenvalue weighted by Crippen LogP contribution is -2.26. The molecule has 0 saturated heterocycles. The second-order valence-corrected chi connectivity index (χ2v) is 5.23. The highest BCUT2D eigenvalue weighted by atomic mass is 79.9. The van der Waals surface area contributed by atoms with Crippen LogP contribution in [0.15, 0.2) is 53.0 Å². The zero-order valence-corrected chi connectivity index (χ0v) is 12.2. The molecule has 0 unspecified atom stereocenters. The van der Waals surface area contributed by atoms with Gasteiger partial charge in [0.25, 0.3) is 5.91 Å². The molecule has 2 aromatic carbocycles. The predicted molar refractivity (Wildman–Crippen MR) is 80.8 cm³/mol. The van der Waals surface area contributed by atoms with Gasteiger partial charge in [-0.15, -0.1) is 0 Å². The summed E-state index contributed by atoms with van der Waals surface area (Å²) in [7, 11) is 1.78. The summed E-state index contributed by atoms with van der Waals surface area (Å²) in [6, 6.07) is 14.9. The summed E-state index contributed by atoms with van der Waals surface area (Å²) in [4.78, 5) is 13.9. The molecule has 98 valence electrons. The van der Waals surface area contributed by atoms with Crippen molar-refractivity contribution in [2.24, 2.45) is 0 Å². The summed E-state index contributed by atoms with van der Waals surface area (Å²) in [5.41, 5.74) is 7.97. The number of amides is 1. The lowest BCUT2D eigenvalue weighted by atomic mass is 10.1. The SMILES string of the molecule is CN(Cc1ccccc1Br)C(=O)c1cccc(N)c1. The minimum atomic E-state index is -0.0388. The summed E-state index contributed by atoms with van der Waals surface area (Å²) in [6.07, 6.45) is 0. The average molecular weight is 319 g/mol. The highest BCUT2D eigenvalue weighted by Gasteiger charge is 2.13. The molecule has 0 saturated carbocycles. The minimum absolute atomic E-state index is 0.0388. The molecule has 0 fully saturated rings. The Morgan fingerprint density at radius 2 is 1.95 bits per heavy atom. The molecule has 0 radical (unpaired) electrons. The number of halogens is 1. The normalized spacial score (nSPS) is 10.2. The molecule has 0 heterocycles. The smallest absolute Gasteiger partial charge is 0.253 e. The van der Waals surface area contributed by atoms with E-state index in [1.54, 1.807) is 36.2 Å². The number of anilines is 1. The van der Waals surface area contributed by atoms with E-state index in [0.717, 1.165) is 10.0 Å². The van der Waals surface area contributed by atoms with Gasteiger partial charge >= 0.3 is 0 Å². The topological polar surface area (TPSA) is 46.3 Å². The number of hydrogen-bond acceptors (Lipinski definition) is 2. The first kappa shape index (κ1) is 13.6. The summed E-state index contributed by atoms with van der Waals surface area (Å²) >= 11 is 3.48. The molecular formula is C15H15BrN2O. The molecule has 0 aliphatic carbocycles. The number of rotatable bonds is 3. The van der Waals surface area contributed by atoms with Crippen molar-refractivity contribution < 1.29 is 4.79 Å². The first-order valence-electron chi connectivity index (χ1n) is 5.92. The second-order valence-electron chi connectivity index (χ2n) is 4.38. The fourth-order valence-electron chi connectivity index (χ4n) is 1.85. The Kier molecular flexibility index (Phi) is 4.22. The van der Waals surface area contributed by atoms with Crippen molar-refractivity contribution in [3.8, 4) is 0 Å². The molecule has 0 aromatic heterocycles. The highest BCUT2D eigenvalue weighted by molar-refractivity contribution is 9.10. The number of nitrogens with two attached hydrogens (primary N) is 1. The Balaban J connectivity index is 2.14. The molecule has 0 atom stereocenters. The van der Waals surface area contributed by atoms with Crippen LogP contribution in [-0.2, 0) is 6.54 Å². The van der Waals surface area contributed by atoms with Gasteiger partial charge in [-0.2, -0.15) is 0 Å². The van der Waals surface area contributed by atoms with Gasteiger partial charge in [0.15, 0.2) is 0 Å². The van der Waals surface area contributed by atoms with Gasteiger partial charge in [0.1, 0.15) is 0 Å². The van der Waals surface area contributed by atoms with E-state index in [1.807, 2.05) is 24.3 Å². The van der Waals surface area contributed by atoms with Crippen molar-refractivity contribution in [1.29, 1.82) is 0 Å². The van der Waals surface area contributed by atoms with E-state index in [-0.39, 0.29) is 5.91 Å². The van der Waals surface area contributed by atoms with E-state index >= 15 is 0 Å². The maximum atomic E-state index is 12.3. The van der Waals surface area contributed by atoms with Crippen molar-refractivity contribution >= 4 is 27.5 Å². The van der Waals surface area contributed by atoms with Gasteiger partial charge in [-0.05, 0) is 29.8 Å². The van der Waals surface area contributed by atoms with Crippen molar-refractivity contribution in [2.45, 2.75) is 6.54 Å². The second kappa shape index (κ2) is 5.89. The Morgan fingerprint density at radius 3 is 2.63 bits per heavy atom. The molecule has 3 nitrogen and oxygen atoms in total. The molecule has 0 aliphatic rings. The van der Waals surface area contributed by atoms with Crippen molar-refractivity contribution in [2.75, 3.05) is 12.8 Å². The molecule has 0 bridgehead atoms. The summed E-state index contributed by atoms with van der Waals surface area (Å²) in [5, 5.41) is 0.